The predicted molar refractivity (Wildman–Crippen MR) is 77.0 cm³/mol. The average Bonchev–Trinajstić information content (AvgIpc) is 2.52. The van der Waals surface area contributed by atoms with Crippen LogP contribution in [0.5, 0.6) is 0 Å². The lowest BCUT2D eigenvalue weighted by molar-refractivity contribution is -0.141. The first kappa shape index (κ1) is 17.3. The van der Waals surface area contributed by atoms with Gasteiger partial charge >= 0.3 is 5.97 Å². The van der Waals surface area contributed by atoms with Crippen LogP contribution in [-0.2, 0) is 9.53 Å². The summed E-state index contributed by atoms with van der Waals surface area (Å²) in [6.07, 6.45) is -0.767. The van der Waals surface area contributed by atoms with E-state index in [0.717, 1.165) is 0 Å². The summed E-state index contributed by atoms with van der Waals surface area (Å²) in [5, 5.41) is 3.02. The Hall–Kier alpha value is -2.09. The van der Waals surface area contributed by atoms with Crippen LogP contribution < -0.4 is 10.2 Å². The van der Waals surface area contributed by atoms with Crippen molar-refractivity contribution < 1.29 is 27.5 Å². The summed E-state index contributed by atoms with van der Waals surface area (Å²) in [5.74, 6) is -5.79. The topological polar surface area (TPSA) is 58.6 Å². The summed E-state index contributed by atoms with van der Waals surface area (Å²) in [6, 6.07) is 0.636. The van der Waals surface area contributed by atoms with E-state index in [1.54, 1.807) is 6.92 Å². The molecule has 0 atom stereocenters. The number of hydrogen-bond donors (Lipinski definition) is 1. The van der Waals surface area contributed by atoms with Gasteiger partial charge in [0.2, 0.25) is 0 Å². The number of rotatable bonds is 5. The largest absolute Gasteiger partial charge is 0.466 e. The zero-order valence-electron chi connectivity index (χ0n) is 12.6. The number of ketones is 1. The van der Waals surface area contributed by atoms with Crippen molar-refractivity contribution in [2.45, 2.75) is 13.3 Å². The van der Waals surface area contributed by atoms with E-state index in [0.29, 0.717) is 32.2 Å². The summed E-state index contributed by atoms with van der Waals surface area (Å²) in [5.41, 5.74) is -1.27. The van der Waals surface area contributed by atoms with Gasteiger partial charge in [-0.25, -0.2) is 13.2 Å². The van der Waals surface area contributed by atoms with Gasteiger partial charge < -0.3 is 15.0 Å². The van der Waals surface area contributed by atoms with Crippen molar-refractivity contribution in [3.63, 3.8) is 0 Å². The number of esters is 1. The van der Waals surface area contributed by atoms with Gasteiger partial charge in [-0.3, -0.25) is 9.59 Å². The molecule has 23 heavy (non-hydrogen) atoms. The smallest absolute Gasteiger partial charge is 0.313 e. The molecule has 1 aliphatic rings. The number of nitrogens with one attached hydrogen (secondary N) is 1. The maximum atomic E-state index is 14.2. The molecule has 0 amide bonds. The Labute approximate surface area is 131 Å². The second kappa shape index (κ2) is 7.45. The van der Waals surface area contributed by atoms with Gasteiger partial charge in [0.1, 0.15) is 17.9 Å². The Morgan fingerprint density at radius 3 is 2.48 bits per heavy atom. The van der Waals surface area contributed by atoms with E-state index in [-0.39, 0.29) is 6.61 Å². The summed E-state index contributed by atoms with van der Waals surface area (Å²) in [4.78, 5) is 24.5. The summed E-state index contributed by atoms with van der Waals surface area (Å²) in [7, 11) is 0. The fourth-order valence-electron chi connectivity index (χ4n) is 2.41. The van der Waals surface area contributed by atoms with Crippen LogP contribution in [0.3, 0.4) is 0 Å². The van der Waals surface area contributed by atoms with E-state index >= 15 is 0 Å². The second-order valence-electron chi connectivity index (χ2n) is 5.02. The van der Waals surface area contributed by atoms with Crippen molar-refractivity contribution in [2.24, 2.45) is 0 Å². The molecule has 1 fully saturated rings. The van der Waals surface area contributed by atoms with E-state index < -0.39 is 46.9 Å². The minimum absolute atomic E-state index is 0.0548. The van der Waals surface area contributed by atoms with Crippen molar-refractivity contribution in [1.29, 1.82) is 0 Å². The van der Waals surface area contributed by atoms with E-state index in [9.17, 15) is 22.8 Å². The Bertz CT molecular complexity index is 616. The normalized spacial score (nSPS) is 14.7. The van der Waals surface area contributed by atoms with Crippen LogP contribution in [0.1, 0.15) is 23.7 Å². The molecule has 1 aromatic carbocycles. The molecule has 0 bridgehead atoms. The molecule has 1 aromatic rings. The highest BCUT2D eigenvalue weighted by Crippen LogP contribution is 2.29. The van der Waals surface area contributed by atoms with Gasteiger partial charge in [-0.1, -0.05) is 0 Å². The maximum absolute atomic E-state index is 14.2. The number of nitrogens with zero attached hydrogens (tertiary/aromatic N) is 1. The number of hydrogen-bond acceptors (Lipinski definition) is 5. The molecule has 0 saturated carbocycles. The Balaban J connectivity index is 2.29. The number of carbonyl (C=O) groups excluding carboxylic acids is 2. The minimum atomic E-state index is -1.45. The third kappa shape index (κ3) is 3.82. The monoisotopic (exact) mass is 330 g/mol. The highest BCUT2D eigenvalue weighted by atomic mass is 19.2. The Morgan fingerprint density at radius 1 is 1.22 bits per heavy atom. The number of carbonyl (C=O) groups is 2. The third-order valence-electron chi connectivity index (χ3n) is 3.48. The van der Waals surface area contributed by atoms with Crippen molar-refractivity contribution >= 4 is 17.4 Å². The lowest BCUT2D eigenvalue weighted by atomic mass is 10.1. The van der Waals surface area contributed by atoms with Gasteiger partial charge in [0.25, 0.3) is 0 Å². The number of halogens is 3. The maximum Gasteiger partial charge on any atom is 0.313 e. The van der Waals surface area contributed by atoms with Crippen LogP contribution >= 0.6 is 0 Å². The molecule has 1 aliphatic heterocycles. The molecule has 0 aromatic heterocycles. The van der Waals surface area contributed by atoms with Crippen LogP contribution in [-0.4, -0.2) is 44.5 Å². The highest BCUT2D eigenvalue weighted by molar-refractivity contribution is 6.06. The quantitative estimate of drug-likeness (QED) is 0.385. The molecule has 0 aliphatic carbocycles. The van der Waals surface area contributed by atoms with Crippen molar-refractivity contribution in [2.75, 3.05) is 37.7 Å². The van der Waals surface area contributed by atoms with Gasteiger partial charge in [0, 0.05) is 26.2 Å². The molecule has 0 spiro atoms. The first-order valence-corrected chi connectivity index (χ1v) is 7.27. The standard InChI is InChI=1S/C15H17F3N2O3/c1-2-23-12(22)8-11(21)9-7-10(16)15(14(18)13(9)17)20-5-3-19-4-6-20/h7,19H,2-6,8H2,1H3. The van der Waals surface area contributed by atoms with Crippen molar-refractivity contribution in [1.82, 2.24) is 5.32 Å². The molecule has 126 valence electrons. The molecule has 1 saturated heterocycles. The fourth-order valence-corrected chi connectivity index (χ4v) is 2.41. The molecule has 5 nitrogen and oxygen atoms in total. The molecule has 2 rings (SSSR count). The lowest BCUT2D eigenvalue weighted by Crippen LogP contribution is -2.44. The molecular weight excluding hydrogens is 313 g/mol. The summed E-state index contributed by atoms with van der Waals surface area (Å²) < 4.78 is 47.1. The summed E-state index contributed by atoms with van der Waals surface area (Å²) in [6.45, 7) is 3.28. The van der Waals surface area contributed by atoms with Gasteiger partial charge in [-0.15, -0.1) is 0 Å². The number of piperazine rings is 1. The first-order valence-electron chi connectivity index (χ1n) is 7.27. The van der Waals surface area contributed by atoms with Gasteiger partial charge in [0.05, 0.1) is 12.2 Å². The van der Waals surface area contributed by atoms with Gasteiger partial charge in [0.15, 0.2) is 17.4 Å². The van der Waals surface area contributed by atoms with Gasteiger partial charge in [-0.2, -0.15) is 0 Å². The van der Waals surface area contributed by atoms with E-state index in [1.165, 1.54) is 4.90 Å². The SMILES string of the molecule is CCOC(=O)CC(=O)c1cc(F)c(N2CCNCC2)c(F)c1F. The number of anilines is 1. The lowest BCUT2D eigenvalue weighted by Gasteiger charge is -2.30. The molecule has 8 heteroatoms. The third-order valence-corrected chi connectivity index (χ3v) is 3.48. The van der Waals surface area contributed by atoms with Crippen molar-refractivity contribution in [3.05, 3.63) is 29.1 Å². The number of benzene rings is 1. The second-order valence-corrected chi connectivity index (χ2v) is 5.02. The van der Waals surface area contributed by atoms with Crippen LogP contribution in [0.2, 0.25) is 0 Å². The molecule has 1 heterocycles. The number of ether oxygens (including phenoxy) is 1. The Morgan fingerprint density at radius 2 is 1.87 bits per heavy atom. The summed E-state index contributed by atoms with van der Waals surface area (Å²) >= 11 is 0. The minimum Gasteiger partial charge on any atom is -0.466 e. The van der Waals surface area contributed by atoms with Crippen LogP contribution in [0.25, 0.3) is 0 Å². The zero-order valence-corrected chi connectivity index (χ0v) is 12.6. The van der Waals surface area contributed by atoms with Crippen LogP contribution in [0.4, 0.5) is 18.9 Å². The fraction of sp³-hybridized carbons (Fsp3) is 0.467. The van der Waals surface area contributed by atoms with Crippen LogP contribution in [0, 0.1) is 17.5 Å². The van der Waals surface area contributed by atoms with E-state index in [4.69, 9.17) is 0 Å². The van der Waals surface area contributed by atoms with Gasteiger partial charge in [-0.05, 0) is 13.0 Å². The van der Waals surface area contributed by atoms with E-state index in [2.05, 4.69) is 10.1 Å². The van der Waals surface area contributed by atoms with Crippen molar-refractivity contribution in [3.8, 4) is 0 Å². The molecular formula is C15H17F3N2O3. The van der Waals surface area contributed by atoms with Crippen LogP contribution in [0.15, 0.2) is 6.07 Å². The molecule has 1 N–H and O–H groups in total. The number of Topliss-reactive ketones (excluding diaryl/α,β-unsaturated/α-hetero) is 1. The highest BCUT2D eigenvalue weighted by Gasteiger charge is 2.27. The zero-order chi connectivity index (χ0) is 17.0. The average molecular weight is 330 g/mol. The van der Waals surface area contributed by atoms with E-state index in [1.807, 2.05) is 0 Å². The molecule has 0 unspecified atom stereocenters. The molecule has 0 radical (unpaired) electrons. The Kier molecular flexibility index (Phi) is 5.59. The predicted octanol–water partition coefficient (Wildman–Crippen LogP) is 1.65. The first-order chi connectivity index (χ1) is 11.0.